The molecule has 18 nitrogen and oxygen atoms in total. The summed E-state index contributed by atoms with van der Waals surface area (Å²) in [7, 11) is -10.7. The first-order valence-corrected chi connectivity index (χ1v) is 19.0. The molecule has 0 atom stereocenters. The molecule has 0 spiro atoms. The molecule has 0 bridgehead atoms. The summed E-state index contributed by atoms with van der Waals surface area (Å²) in [4.78, 5) is 19.4. The fourth-order valence-electron chi connectivity index (χ4n) is 5.63. The molecule has 5 aromatic carbocycles. The number of imidazole rings is 1. The van der Waals surface area contributed by atoms with Crippen LogP contribution in [0.2, 0.25) is 0 Å². The van der Waals surface area contributed by atoms with Crippen molar-refractivity contribution >= 4 is 94.3 Å². The number of anilines is 4. The first-order valence-electron chi connectivity index (χ1n) is 16.2. The number of nitrogens with two attached hydrogens (primary N) is 3. The Morgan fingerprint density at radius 2 is 1.43 bits per heavy atom. The number of hydrogen-bond acceptors (Lipinski definition) is 17. The Morgan fingerprint density at radius 3 is 2.10 bits per heavy atom. The number of nitrogens with zero attached hydrogens (tertiary/aromatic N) is 6. The zero-order valence-corrected chi connectivity index (χ0v) is 36.5. The van der Waals surface area contributed by atoms with Crippen molar-refractivity contribution in [3.8, 4) is 11.4 Å². The summed E-state index contributed by atoms with van der Waals surface area (Å²) in [6, 6.07) is 23.8. The number of aromatic nitrogens is 2. The zero-order chi connectivity index (χ0) is 39.9. The maximum atomic E-state index is 13.7. The van der Waals surface area contributed by atoms with Crippen molar-refractivity contribution in [3.05, 3.63) is 113 Å². The van der Waals surface area contributed by atoms with Crippen LogP contribution in [0.3, 0.4) is 0 Å². The second-order valence-electron chi connectivity index (χ2n) is 12.3. The molecule has 0 unspecified atom stereocenters. The second kappa shape index (κ2) is 17.4. The van der Waals surface area contributed by atoms with Crippen LogP contribution in [-0.4, -0.2) is 47.4 Å². The van der Waals surface area contributed by atoms with Gasteiger partial charge in [-0.05, 0) is 96.9 Å². The minimum Gasteiger partial charge on any atom is -0.744 e. The fraction of sp³-hybridized carbons (Fsp3) is 0.0278. The minimum atomic E-state index is -5.34. The summed E-state index contributed by atoms with van der Waals surface area (Å²) in [5.41, 5.74) is 23.0. The Kier molecular flexibility index (Phi) is 13.2. The van der Waals surface area contributed by atoms with Crippen molar-refractivity contribution in [2.45, 2.75) is 11.8 Å². The first kappa shape index (κ1) is 44.0. The van der Waals surface area contributed by atoms with E-state index in [1.54, 1.807) is 72.8 Å². The summed E-state index contributed by atoms with van der Waals surface area (Å²) in [6.45, 7) is 1.84. The predicted octanol–water partition coefficient (Wildman–Crippen LogP) is 0.578. The molecule has 282 valence electrons. The van der Waals surface area contributed by atoms with E-state index in [2.05, 4.69) is 41.0 Å². The number of Topliss-reactive ketones (excluding diaryl/α,β-unsaturated/α-hetero) is 1. The molecular formula is C36H27N11Na2O7S2. The molecule has 0 aliphatic heterocycles. The van der Waals surface area contributed by atoms with Crippen molar-refractivity contribution in [1.29, 1.82) is 0 Å². The number of benzene rings is 5. The van der Waals surface area contributed by atoms with E-state index in [1.165, 1.54) is 12.1 Å². The van der Waals surface area contributed by atoms with Crippen LogP contribution in [0.4, 0.5) is 45.5 Å². The molecule has 0 radical (unpaired) electrons. The Bertz CT molecular complexity index is 2960. The van der Waals surface area contributed by atoms with E-state index in [4.69, 9.17) is 17.2 Å². The van der Waals surface area contributed by atoms with E-state index in [0.717, 1.165) is 11.6 Å². The van der Waals surface area contributed by atoms with Gasteiger partial charge < -0.3 is 31.3 Å². The maximum Gasteiger partial charge on any atom is 1.00 e. The maximum absolute atomic E-state index is 13.7. The molecule has 7 rings (SSSR count). The third kappa shape index (κ3) is 9.26. The number of allylic oxidation sites excluding steroid dienone is 1. The largest absolute Gasteiger partial charge is 1.00 e. The van der Waals surface area contributed by atoms with E-state index in [0.29, 0.717) is 56.9 Å². The van der Waals surface area contributed by atoms with Gasteiger partial charge in [-0.2, -0.15) is 15.3 Å². The van der Waals surface area contributed by atoms with Gasteiger partial charge in [0.25, 0.3) is 0 Å². The van der Waals surface area contributed by atoms with Gasteiger partial charge in [0.2, 0.25) is 5.78 Å². The van der Waals surface area contributed by atoms with Crippen LogP contribution in [-0.2, 0) is 20.2 Å². The number of fused-ring (bicyclic) bond motifs is 2. The third-order valence-corrected chi connectivity index (χ3v) is 10.2. The van der Waals surface area contributed by atoms with Gasteiger partial charge in [-0.25, -0.2) is 21.8 Å². The van der Waals surface area contributed by atoms with Gasteiger partial charge in [-0.1, -0.05) is 18.2 Å². The molecular weight excluding hydrogens is 809 g/mol. The van der Waals surface area contributed by atoms with E-state index in [-0.39, 0.29) is 64.8 Å². The molecule has 8 N–H and O–H groups in total. The molecule has 1 heterocycles. The predicted molar refractivity (Wildman–Crippen MR) is 208 cm³/mol. The zero-order valence-electron chi connectivity index (χ0n) is 30.8. The minimum absolute atomic E-state index is 0. The van der Waals surface area contributed by atoms with Crippen LogP contribution >= 0.6 is 0 Å². The molecule has 6 aromatic rings. The van der Waals surface area contributed by atoms with Gasteiger partial charge in [0.05, 0.1) is 54.8 Å². The molecule has 1 aromatic heterocycles. The van der Waals surface area contributed by atoms with Crippen LogP contribution in [0.5, 0.6) is 0 Å². The molecule has 1 aliphatic rings. The second-order valence-corrected chi connectivity index (χ2v) is 15.0. The average molecular weight is 836 g/mol. The number of H-pyrrole nitrogens is 1. The SMILES string of the molecule is Cc1cc(N=Nc2ccc3nc(-c4ccc(N=Nc5c(S(=O)(=O)[O-])cc6c(c5N)C(=O)/C(=N\Nc5ccccc5)C(S(=O)(=O)[O-])=C6)cc4)[nH]c3c2)c(N)cc1N.[Na+].[Na+]. The summed E-state index contributed by atoms with van der Waals surface area (Å²) >= 11 is 0. The Labute approximate surface area is 374 Å². The molecule has 0 fully saturated rings. The molecule has 0 saturated carbocycles. The third-order valence-electron chi connectivity index (χ3n) is 8.46. The van der Waals surface area contributed by atoms with Gasteiger partial charge in [-0.15, -0.1) is 10.2 Å². The number of hydrogen-bond donors (Lipinski definition) is 5. The van der Waals surface area contributed by atoms with E-state index in [9.17, 15) is 30.7 Å². The number of nitrogens with one attached hydrogen (secondary N) is 2. The van der Waals surface area contributed by atoms with Crippen molar-refractivity contribution in [1.82, 2.24) is 9.97 Å². The number of hydrazone groups is 1. The summed E-state index contributed by atoms with van der Waals surface area (Å²) in [6.07, 6.45) is 0.719. The fourth-order valence-corrected chi connectivity index (χ4v) is 6.94. The topological polar surface area (TPSA) is 312 Å². The number of rotatable bonds is 9. The number of ketones is 1. The van der Waals surface area contributed by atoms with Crippen LogP contribution in [0, 0.1) is 6.92 Å². The quantitative estimate of drug-likeness (QED) is 0.0439. The number of carbonyl (C=O) groups is 1. The molecule has 1 aliphatic carbocycles. The monoisotopic (exact) mass is 835 g/mol. The Balaban J connectivity index is 0.00000320. The number of aromatic amines is 1. The van der Waals surface area contributed by atoms with Crippen LogP contribution in [0.15, 0.2) is 126 Å². The van der Waals surface area contributed by atoms with Crippen LogP contribution in [0.25, 0.3) is 28.5 Å². The number of aryl methyl sites for hydroxylation is 1. The van der Waals surface area contributed by atoms with Crippen LogP contribution in [0.1, 0.15) is 21.5 Å². The van der Waals surface area contributed by atoms with Crippen LogP contribution < -0.4 is 81.7 Å². The van der Waals surface area contributed by atoms with Crippen molar-refractivity contribution in [3.63, 3.8) is 0 Å². The van der Waals surface area contributed by atoms with Crippen molar-refractivity contribution < 1.29 is 89.9 Å². The number of para-hydroxylation sites is 1. The normalized spacial score (nSPS) is 13.7. The summed E-state index contributed by atoms with van der Waals surface area (Å²) in [5.74, 6) is -0.643. The Hall–Kier alpha value is -5.13. The van der Waals surface area contributed by atoms with E-state index in [1.807, 2.05) is 6.92 Å². The average Bonchev–Trinajstić information content (AvgIpc) is 3.58. The number of carbonyl (C=O) groups excluding carboxylic acids is 1. The molecule has 0 amide bonds. The first-order chi connectivity index (χ1) is 26.6. The van der Waals surface area contributed by atoms with Gasteiger partial charge in [0.1, 0.15) is 43.1 Å². The van der Waals surface area contributed by atoms with Gasteiger partial charge >= 0.3 is 59.1 Å². The van der Waals surface area contributed by atoms with Crippen molar-refractivity contribution in [2.75, 3.05) is 22.6 Å². The summed E-state index contributed by atoms with van der Waals surface area (Å²) < 4.78 is 73.6. The number of azo groups is 2. The number of nitrogen functional groups attached to an aromatic ring is 3. The Morgan fingerprint density at radius 1 is 0.759 bits per heavy atom. The molecule has 0 saturated heterocycles. The van der Waals surface area contributed by atoms with E-state index < -0.39 is 64.0 Å². The molecule has 22 heteroatoms. The van der Waals surface area contributed by atoms with E-state index >= 15 is 0 Å². The van der Waals surface area contributed by atoms with Crippen molar-refractivity contribution in [2.24, 2.45) is 25.6 Å². The van der Waals surface area contributed by atoms with Gasteiger partial charge in [0.15, 0.2) is 0 Å². The standard InChI is InChI=1S/C36H29N11O7S2.2Na/c1-18-13-27(25(38)17-24(18)37)45-44-23-11-12-26-28(16-23)41-36(40-26)19-7-9-22(10-8-19)43-46-33-29(55(49,50)51)14-20-15-30(56(52,53)54)34(35(48)31(20)32(33)39)47-42-21-5-3-2-4-6-21;;/h2-17,42H,37-39H2,1H3,(H,40,41)(H,49,50,51)(H,52,53,54);;/q;2*+1/p-2/b45-44?,46-43?,47-34-;;. The summed E-state index contributed by atoms with van der Waals surface area (Å²) in [5, 5.41) is 20.4. The van der Waals surface area contributed by atoms with Gasteiger partial charge in [0, 0.05) is 11.3 Å². The molecule has 58 heavy (non-hydrogen) atoms. The smallest absolute Gasteiger partial charge is 0.744 e. The van der Waals surface area contributed by atoms with Gasteiger partial charge in [-0.3, -0.25) is 10.2 Å².